The molecule has 4 aromatic rings. The molecule has 32 heavy (non-hydrogen) atoms. The molecule has 1 fully saturated rings. The molecule has 2 heteroatoms. The molecule has 0 bridgehead atoms. The van der Waals surface area contributed by atoms with E-state index in [0.29, 0.717) is 0 Å². The fraction of sp³-hybridized carbons (Fsp3) is 0.333. The van der Waals surface area contributed by atoms with Gasteiger partial charge in [0.2, 0.25) is 0 Å². The highest BCUT2D eigenvalue weighted by Gasteiger charge is 2.51. The Hall–Kier alpha value is -2.68. The van der Waals surface area contributed by atoms with Gasteiger partial charge in [-0.15, -0.1) is 0 Å². The summed E-state index contributed by atoms with van der Waals surface area (Å²) in [6.45, 7) is 0. The summed E-state index contributed by atoms with van der Waals surface area (Å²) in [6.07, 6.45) is 6.94. The molecule has 1 saturated carbocycles. The molecule has 0 spiro atoms. The standard InChI is InChI=1S/C30H34N2/c1-31-29(21-25-15-9-13-23-11-3-5-17-27(23)25)19-7-8-20-30(29,32-2)22-26-16-10-14-24-12-4-6-18-28(24)26/h3-6,9-18,31-32H,7-8,19-22H2,1-2H3/t29-,30-/m1/s1. The Labute approximate surface area is 192 Å². The first kappa shape index (κ1) is 21.2. The van der Waals surface area contributed by atoms with Gasteiger partial charge in [0, 0.05) is 11.1 Å². The molecule has 0 unspecified atom stereocenters. The summed E-state index contributed by atoms with van der Waals surface area (Å²) in [5.74, 6) is 0. The molecule has 0 aliphatic heterocycles. The fourth-order valence-corrected chi connectivity index (χ4v) is 6.30. The Morgan fingerprint density at radius 2 is 0.969 bits per heavy atom. The van der Waals surface area contributed by atoms with E-state index in [0.717, 1.165) is 12.8 Å². The lowest BCUT2D eigenvalue weighted by atomic mass is 9.61. The van der Waals surface area contributed by atoms with E-state index in [4.69, 9.17) is 0 Å². The van der Waals surface area contributed by atoms with Gasteiger partial charge in [0.25, 0.3) is 0 Å². The minimum absolute atomic E-state index is 0.0128. The highest BCUT2D eigenvalue weighted by molar-refractivity contribution is 5.86. The van der Waals surface area contributed by atoms with E-state index in [1.54, 1.807) is 0 Å². The van der Waals surface area contributed by atoms with Crippen LogP contribution in [-0.2, 0) is 12.8 Å². The van der Waals surface area contributed by atoms with Crippen molar-refractivity contribution in [2.75, 3.05) is 14.1 Å². The summed E-state index contributed by atoms with van der Waals surface area (Å²) >= 11 is 0. The zero-order chi connectivity index (χ0) is 22.0. The lowest BCUT2D eigenvalue weighted by Gasteiger charge is -2.55. The van der Waals surface area contributed by atoms with Crippen LogP contribution >= 0.6 is 0 Å². The van der Waals surface area contributed by atoms with Crippen molar-refractivity contribution in [3.63, 3.8) is 0 Å². The molecule has 1 aliphatic carbocycles. The quantitative estimate of drug-likeness (QED) is 0.383. The number of hydrogen-bond donors (Lipinski definition) is 2. The Morgan fingerprint density at radius 1 is 0.562 bits per heavy atom. The van der Waals surface area contributed by atoms with Gasteiger partial charge in [0.05, 0.1) is 0 Å². The van der Waals surface area contributed by atoms with E-state index in [-0.39, 0.29) is 11.1 Å². The van der Waals surface area contributed by atoms with Gasteiger partial charge in [0.1, 0.15) is 0 Å². The predicted molar refractivity (Wildman–Crippen MR) is 137 cm³/mol. The molecule has 2 N–H and O–H groups in total. The third-order valence-electron chi connectivity index (χ3n) is 8.07. The Balaban J connectivity index is 1.60. The first-order chi connectivity index (χ1) is 15.7. The summed E-state index contributed by atoms with van der Waals surface area (Å²) in [5.41, 5.74) is 2.86. The molecule has 0 aromatic heterocycles. The first-order valence-electron chi connectivity index (χ1n) is 12.0. The van der Waals surface area contributed by atoms with E-state index in [1.807, 2.05) is 0 Å². The lowest BCUT2D eigenvalue weighted by molar-refractivity contribution is 0.0847. The molecular weight excluding hydrogens is 388 g/mol. The zero-order valence-electron chi connectivity index (χ0n) is 19.3. The number of fused-ring (bicyclic) bond motifs is 2. The van der Waals surface area contributed by atoms with Gasteiger partial charge in [-0.25, -0.2) is 0 Å². The predicted octanol–water partition coefficient (Wildman–Crippen LogP) is 6.27. The van der Waals surface area contributed by atoms with Crippen LogP contribution in [0.1, 0.15) is 36.8 Å². The summed E-state index contributed by atoms with van der Waals surface area (Å²) in [6, 6.07) is 31.2. The third-order valence-corrected chi connectivity index (χ3v) is 8.07. The van der Waals surface area contributed by atoms with Gasteiger partial charge in [0.15, 0.2) is 0 Å². The summed E-state index contributed by atoms with van der Waals surface area (Å²) < 4.78 is 0. The van der Waals surface area contributed by atoms with Crippen LogP contribution in [0.15, 0.2) is 84.9 Å². The Bertz CT molecular complexity index is 1120. The molecule has 0 heterocycles. The van der Waals surface area contributed by atoms with Crippen LogP contribution in [-0.4, -0.2) is 25.2 Å². The third kappa shape index (κ3) is 3.52. The number of hydrogen-bond acceptors (Lipinski definition) is 2. The fourth-order valence-electron chi connectivity index (χ4n) is 6.30. The van der Waals surface area contributed by atoms with E-state index in [2.05, 4.69) is 110 Å². The number of benzene rings is 4. The van der Waals surface area contributed by atoms with Crippen LogP contribution in [0.25, 0.3) is 21.5 Å². The highest BCUT2D eigenvalue weighted by atomic mass is 15.1. The summed E-state index contributed by atoms with van der Waals surface area (Å²) in [7, 11) is 4.34. The van der Waals surface area contributed by atoms with Crippen molar-refractivity contribution >= 4 is 21.5 Å². The van der Waals surface area contributed by atoms with Crippen LogP contribution in [0, 0.1) is 0 Å². The lowest BCUT2D eigenvalue weighted by Crippen LogP contribution is -2.71. The topological polar surface area (TPSA) is 24.1 Å². The van der Waals surface area contributed by atoms with Gasteiger partial charge >= 0.3 is 0 Å². The first-order valence-corrected chi connectivity index (χ1v) is 12.0. The Kier molecular flexibility index (Phi) is 5.75. The smallest absolute Gasteiger partial charge is 0.0405 e. The van der Waals surface area contributed by atoms with Crippen LogP contribution < -0.4 is 10.6 Å². The molecular formula is C30H34N2. The van der Waals surface area contributed by atoms with Gasteiger partial charge in [-0.3, -0.25) is 0 Å². The monoisotopic (exact) mass is 422 g/mol. The summed E-state index contributed by atoms with van der Waals surface area (Å²) in [4.78, 5) is 0. The van der Waals surface area contributed by atoms with Gasteiger partial charge < -0.3 is 10.6 Å². The second-order valence-electron chi connectivity index (χ2n) is 9.50. The molecule has 1 aliphatic rings. The van der Waals surface area contributed by atoms with Crippen molar-refractivity contribution in [1.82, 2.24) is 10.6 Å². The minimum Gasteiger partial charge on any atom is -0.312 e. The highest BCUT2D eigenvalue weighted by Crippen LogP contribution is 2.43. The molecule has 2 nitrogen and oxygen atoms in total. The zero-order valence-corrected chi connectivity index (χ0v) is 19.3. The number of rotatable bonds is 6. The second kappa shape index (κ2) is 8.69. The van der Waals surface area contributed by atoms with Crippen molar-refractivity contribution in [1.29, 1.82) is 0 Å². The minimum atomic E-state index is -0.0128. The molecule has 0 saturated heterocycles. The Morgan fingerprint density at radius 3 is 1.41 bits per heavy atom. The molecule has 0 radical (unpaired) electrons. The van der Waals surface area contributed by atoms with E-state index < -0.39 is 0 Å². The van der Waals surface area contributed by atoms with Crippen LogP contribution in [0.3, 0.4) is 0 Å². The average Bonchev–Trinajstić information content (AvgIpc) is 2.85. The van der Waals surface area contributed by atoms with Gasteiger partial charge in [-0.2, -0.15) is 0 Å². The normalized spacial score (nSPS) is 23.6. The second-order valence-corrected chi connectivity index (χ2v) is 9.50. The van der Waals surface area contributed by atoms with E-state index in [9.17, 15) is 0 Å². The molecule has 2 atom stereocenters. The molecule has 4 aromatic carbocycles. The van der Waals surface area contributed by atoms with E-state index >= 15 is 0 Å². The molecule has 164 valence electrons. The van der Waals surface area contributed by atoms with Gasteiger partial charge in [-0.1, -0.05) is 97.8 Å². The SMILES string of the molecule is CN[C@@]1(Cc2cccc3ccccc23)CCCC[C@]1(Cc1cccc2ccccc12)NC. The van der Waals surface area contributed by atoms with Crippen molar-refractivity contribution in [3.05, 3.63) is 96.1 Å². The largest absolute Gasteiger partial charge is 0.312 e. The average molecular weight is 423 g/mol. The van der Waals surface area contributed by atoms with E-state index in [1.165, 1.54) is 58.4 Å². The van der Waals surface area contributed by atoms with Crippen LogP contribution in [0.2, 0.25) is 0 Å². The van der Waals surface area contributed by atoms with Crippen LogP contribution in [0.4, 0.5) is 0 Å². The van der Waals surface area contributed by atoms with Crippen molar-refractivity contribution in [2.45, 2.75) is 49.6 Å². The maximum absolute atomic E-state index is 3.88. The van der Waals surface area contributed by atoms with Crippen LogP contribution in [0.5, 0.6) is 0 Å². The molecule has 5 rings (SSSR count). The molecule has 0 amide bonds. The van der Waals surface area contributed by atoms with Crippen molar-refractivity contribution < 1.29 is 0 Å². The maximum atomic E-state index is 3.88. The van der Waals surface area contributed by atoms with Gasteiger partial charge in [-0.05, 0) is 72.5 Å². The number of likely N-dealkylation sites (N-methyl/N-ethyl adjacent to an activating group) is 2. The number of nitrogens with one attached hydrogen (secondary N) is 2. The van der Waals surface area contributed by atoms with Crippen molar-refractivity contribution in [3.8, 4) is 0 Å². The maximum Gasteiger partial charge on any atom is 0.0405 e. The summed E-state index contributed by atoms with van der Waals surface area (Å²) in [5, 5.41) is 13.2. The van der Waals surface area contributed by atoms with Crippen molar-refractivity contribution in [2.24, 2.45) is 0 Å².